The van der Waals surface area contributed by atoms with Gasteiger partial charge in [-0.3, -0.25) is 4.79 Å². The molecular weight excluding hydrogens is 278 g/mol. The first kappa shape index (κ1) is 14.4. The minimum atomic E-state index is -0.00851. The summed E-state index contributed by atoms with van der Waals surface area (Å²) in [5, 5.41) is 2.93. The number of rotatable bonds is 3. The molecule has 3 rings (SSSR count). The van der Waals surface area contributed by atoms with Gasteiger partial charge in [0.1, 0.15) is 11.5 Å². The van der Waals surface area contributed by atoms with Crippen LogP contribution in [-0.2, 0) is 4.79 Å². The van der Waals surface area contributed by atoms with E-state index in [2.05, 4.69) is 24.4 Å². The lowest BCUT2D eigenvalue weighted by Gasteiger charge is -2.29. The number of ether oxygens (including phenoxy) is 2. The van der Waals surface area contributed by atoms with Gasteiger partial charge in [0.15, 0.2) is 0 Å². The van der Waals surface area contributed by atoms with Crippen LogP contribution in [0.5, 0.6) is 11.5 Å². The summed E-state index contributed by atoms with van der Waals surface area (Å²) in [4.78, 5) is 12.1. The van der Waals surface area contributed by atoms with E-state index in [0.717, 1.165) is 22.6 Å². The fourth-order valence-electron chi connectivity index (χ4n) is 3.08. The van der Waals surface area contributed by atoms with Crippen molar-refractivity contribution in [2.75, 3.05) is 19.5 Å². The van der Waals surface area contributed by atoms with Gasteiger partial charge in [-0.2, -0.15) is 0 Å². The molecular formula is C18H19NO3. The lowest BCUT2D eigenvalue weighted by molar-refractivity contribution is -0.116. The van der Waals surface area contributed by atoms with E-state index in [-0.39, 0.29) is 11.8 Å². The maximum absolute atomic E-state index is 12.1. The van der Waals surface area contributed by atoms with Crippen LogP contribution in [-0.4, -0.2) is 20.1 Å². The van der Waals surface area contributed by atoms with Crippen molar-refractivity contribution in [1.82, 2.24) is 0 Å². The van der Waals surface area contributed by atoms with Crippen molar-refractivity contribution < 1.29 is 14.3 Å². The second-order valence-electron chi connectivity index (χ2n) is 5.45. The molecule has 1 amide bonds. The van der Waals surface area contributed by atoms with Crippen molar-refractivity contribution >= 4 is 11.6 Å². The number of carbonyl (C=O) groups excluding carboxylic acids is 1. The van der Waals surface area contributed by atoms with Crippen molar-refractivity contribution in [3.05, 3.63) is 53.1 Å². The van der Waals surface area contributed by atoms with Crippen molar-refractivity contribution in [2.45, 2.75) is 19.3 Å². The SMILES string of the molecule is COc1cc2c(c(OC)c1)[C@H](c1ccccc1C)CC(=O)N2. The van der Waals surface area contributed by atoms with Crippen LogP contribution in [0.25, 0.3) is 0 Å². The van der Waals surface area contributed by atoms with Crippen LogP contribution in [0.3, 0.4) is 0 Å². The highest BCUT2D eigenvalue weighted by molar-refractivity contribution is 5.96. The number of amides is 1. The van der Waals surface area contributed by atoms with Gasteiger partial charge in [0.2, 0.25) is 5.91 Å². The number of nitrogens with one attached hydrogen (secondary N) is 1. The smallest absolute Gasteiger partial charge is 0.225 e. The van der Waals surface area contributed by atoms with Gasteiger partial charge in [-0.25, -0.2) is 0 Å². The number of hydrogen-bond acceptors (Lipinski definition) is 3. The highest BCUT2D eigenvalue weighted by Crippen LogP contribution is 2.45. The third kappa shape index (κ3) is 2.41. The minimum absolute atomic E-state index is 0.00851. The van der Waals surface area contributed by atoms with E-state index in [1.54, 1.807) is 14.2 Å². The molecule has 0 aliphatic carbocycles. The van der Waals surface area contributed by atoms with E-state index < -0.39 is 0 Å². The molecule has 0 unspecified atom stereocenters. The van der Waals surface area contributed by atoms with E-state index >= 15 is 0 Å². The lowest BCUT2D eigenvalue weighted by Crippen LogP contribution is -2.24. The van der Waals surface area contributed by atoms with Crippen molar-refractivity contribution in [1.29, 1.82) is 0 Å². The molecule has 0 bridgehead atoms. The number of methoxy groups -OCH3 is 2. The number of benzene rings is 2. The van der Waals surface area contributed by atoms with Crippen LogP contribution < -0.4 is 14.8 Å². The zero-order valence-corrected chi connectivity index (χ0v) is 13.0. The molecule has 114 valence electrons. The second-order valence-corrected chi connectivity index (χ2v) is 5.45. The summed E-state index contributed by atoms with van der Waals surface area (Å²) in [5.74, 6) is 1.41. The summed E-state index contributed by atoms with van der Waals surface area (Å²) in [6, 6.07) is 11.9. The Bertz CT molecular complexity index is 724. The molecule has 1 heterocycles. The molecule has 0 fully saturated rings. The summed E-state index contributed by atoms with van der Waals surface area (Å²) in [6.45, 7) is 2.07. The van der Waals surface area contributed by atoms with Crippen molar-refractivity contribution in [3.63, 3.8) is 0 Å². The molecule has 2 aromatic rings. The molecule has 1 aliphatic heterocycles. The van der Waals surface area contributed by atoms with Gasteiger partial charge in [-0.15, -0.1) is 0 Å². The molecule has 4 nitrogen and oxygen atoms in total. The summed E-state index contributed by atoms with van der Waals surface area (Å²) in [6.07, 6.45) is 0.417. The Morgan fingerprint density at radius 2 is 1.91 bits per heavy atom. The summed E-state index contributed by atoms with van der Waals surface area (Å²) >= 11 is 0. The number of carbonyl (C=O) groups is 1. The molecule has 1 aliphatic rings. The van der Waals surface area contributed by atoms with Gasteiger partial charge in [0.25, 0.3) is 0 Å². The highest BCUT2D eigenvalue weighted by atomic mass is 16.5. The molecule has 1 N–H and O–H groups in total. The Labute approximate surface area is 130 Å². The fourth-order valence-corrected chi connectivity index (χ4v) is 3.08. The second kappa shape index (κ2) is 5.72. The Hall–Kier alpha value is -2.49. The zero-order valence-electron chi connectivity index (χ0n) is 13.0. The standard InChI is InChI=1S/C18H19NO3/c1-11-6-4-5-7-13(11)14-10-17(20)19-15-8-12(21-2)9-16(22-3)18(14)15/h4-9,14H,10H2,1-3H3,(H,19,20)/t14-/m0/s1. The molecule has 0 saturated carbocycles. The van der Waals surface area contributed by atoms with Gasteiger partial charge in [0.05, 0.1) is 19.9 Å². The first-order chi connectivity index (χ1) is 10.6. The van der Waals surface area contributed by atoms with Gasteiger partial charge < -0.3 is 14.8 Å². The van der Waals surface area contributed by atoms with E-state index in [1.165, 1.54) is 5.56 Å². The quantitative estimate of drug-likeness (QED) is 0.943. The zero-order chi connectivity index (χ0) is 15.7. The first-order valence-corrected chi connectivity index (χ1v) is 7.25. The number of aryl methyl sites for hydroxylation is 1. The Morgan fingerprint density at radius 1 is 1.14 bits per heavy atom. The topological polar surface area (TPSA) is 47.6 Å². The van der Waals surface area contributed by atoms with Crippen molar-refractivity contribution in [3.8, 4) is 11.5 Å². The summed E-state index contributed by atoms with van der Waals surface area (Å²) in [7, 11) is 3.24. The van der Waals surface area contributed by atoms with Crippen LogP contribution in [0.4, 0.5) is 5.69 Å². The van der Waals surface area contributed by atoms with Gasteiger partial charge in [0, 0.05) is 30.0 Å². The van der Waals surface area contributed by atoms with E-state index in [0.29, 0.717) is 12.2 Å². The Morgan fingerprint density at radius 3 is 2.59 bits per heavy atom. The first-order valence-electron chi connectivity index (χ1n) is 7.25. The molecule has 0 spiro atoms. The number of fused-ring (bicyclic) bond motifs is 1. The molecule has 1 atom stereocenters. The Kier molecular flexibility index (Phi) is 3.75. The van der Waals surface area contributed by atoms with Crippen LogP contribution in [0.1, 0.15) is 29.0 Å². The van der Waals surface area contributed by atoms with Gasteiger partial charge in [-0.05, 0) is 18.1 Å². The third-order valence-corrected chi connectivity index (χ3v) is 4.15. The third-order valence-electron chi connectivity index (χ3n) is 4.15. The number of hydrogen-bond donors (Lipinski definition) is 1. The largest absolute Gasteiger partial charge is 0.497 e. The van der Waals surface area contributed by atoms with Crippen LogP contribution >= 0.6 is 0 Å². The molecule has 0 aromatic heterocycles. The van der Waals surface area contributed by atoms with Crippen LogP contribution in [0, 0.1) is 6.92 Å². The average molecular weight is 297 g/mol. The van der Waals surface area contributed by atoms with E-state index in [4.69, 9.17) is 9.47 Å². The van der Waals surface area contributed by atoms with E-state index in [9.17, 15) is 4.79 Å². The normalized spacial score (nSPS) is 16.7. The fraction of sp³-hybridized carbons (Fsp3) is 0.278. The maximum atomic E-state index is 12.1. The number of anilines is 1. The molecule has 0 radical (unpaired) electrons. The highest BCUT2D eigenvalue weighted by Gasteiger charge is 2.31. The molecule has 22 heavy (non-hydrogen) atoms. The van der Waals surface area contributed by atoms with Gasteiger partial charge >= 0.3 is 0 Å². The maximum Gasteiger partial charge on any atom is 0.225 e. The monoisotopic (exact) mass is 297 g/mol. The summed E-state index contributed by atoms with van der Waals surface area (Å²) in [5.41, 5.74) is 4.10. The predicted molar refractivity (Wildman–Crippen MR) is 85.8 cm³/mol. The molecule has 2 aromatic carbocycles. The Balaban J connectivity index is 2.20. The van der Waals surface area contributed by atoms with Crippen LogP contribution in [0.2, 0.25) is 0 Å². The van der Waals surface area contributed by atoms with Crippen molar-refractivity contribution in [2.24, 2.45) is 0 Å². The average Bonchev–Trinajstić information content (AvgIpc) is 2.53. The van der Waals surface area contributed by atoms with Crippen LogP contribution in [0.15, 0.2) is 36.4 Å². The predicted octanol–water partition coefficient (Wildman–Crippen LogP) is 3.49. The lowest BCUT2D eigenvalue weighted by atomic mass is 9.82. The molecule has 0 saturated heterocycles. The summed E-state index contributed by atoms with van der Waals surface area (Å²) < 4.78 is 10.8. The minimum Gasteiger partial charge on any atom is -0.497 e. The van der Waals surface area contributed by atoms with E-state index in [1.807, 2.05) is 24.3 Å². The molecule has 4 heteroatoms. The van der Waals surface area contributed by atoms with Gasteiger partial charge in [-0.1, -0.05) is 24.3 Å².